The van der Waals surface area contributed by atoms with Crippen molar-refractivity contribution in [3.8, 4) is 0 Å². The Morgan fingerprint density at radius 3 is 2.60 bits per heavy atom. The van der Waals surface area contributed by atoms with E-state index in [-0.39, 0.29) is 5.91 Å². The van der Waals surface area contributed by atoms with Crippen LogP contribution in [0, 0.1) is 0 Å². The maximum atomic E-state index is 11.7. The fourth-order valence-electron chi connectivity index (χ4n) is 2.88. The van der Waals surface area contributed by atoms with Gasteiger partial charge in [-0.25, -0.2) is 0 Å². The van der Waals surface area contributed by atoms with Crippen molar-refractivity contribution in [3.05, 3.63) is 29.8 Å². The lowest BCUT2D eigenvalue weighted by molar-refractivity contribution is -0.117. The molecule has 0 aliphatic carbocycles. The van der Waals surface area contributed by atoms with Crippen LogP contribution >= 0.6 is 0 Å². The third-order valence-corrected chi connectivity index (χ3v) is 4.14. The lowest BCUT2D eigenvalue weighted by Gasteiger charge is -2.23. The number of ether oxygens (including phenoxy) is 1. The second kappa shape index (κ2) is 6.37. The van der Waals surface area contributed by atoms with Crippen molar-refractivity contribution in [1.29, 1.82) is 0 Å². The van der Waals surface area contributed by atoms with Crippen LogP contribution in [0.3, 0.4) is 0 Å². The van der Waals surface area contributed by atoms with Crippen LogP contribution < -0.4 is 10.2 Å². The smallest absolute Gasteiger partial charge is 0.227 e. The predicted molar refractivity (Wildman–Crippen MR) is 78.7 cm³/mol. The Morgan fingerprint density at radius 1 is 1.20 bits per heavy atom. The van der Waals surface area contributed by atoms with Gasteiger partial charge in [0, 0.05) is 44.5 Å². The molecule has 1 N–H and O–H groups in total. The molecule has 20 heavy (non-hydrogen) atoms. The molecule has 2 aliphatic rings. The Kier molecular flexibility index (Phi) is 4.33. The number of hydrogen-bond donors (Lipinski definition) is 1. The SMILES string of the molecule is O=C1CCCN1c1ccc(CNC2CCOCC2)cc1. The van der Waals surface area contributed by atoms with Crippen molar-refractivity contribution >= 4 is 11.6 Å². The predicted octanol–water partition coefficient (Wildman–Crippen LogP) is 2.08. The molecule has 0 unspecified atom stereocenters. The third kappa shape index (κ3) is 3.19. The monoisotopic (exact) mass is 274 g/mol. The number of benzene rings is 1. The lowest BCUT2D eigenvalue weighted by atomic mass is 10.1. The van der Waals surface area contributed by atoms with Crippen molar-refractivity contribution in [1.82, 2.24) is 5.32 Å². The van der Waals surface area contributed by atoms with Crippen molar-refractivity contribution < 1.29 is 9.53 Å². The zero-order chi connectivity index (χ0) is 13.8. The molecule has 1 aromatic carbocycles. The van der Waals surface area contributed by atoms with Crippen LogP contribution in [0.5, 0.6) is 0 Å². The quantitative estimate of drug-likeness (QED) is 0.914. The van der Waals surface area contributed by atoms with Crippen molar-refractivity contribution in [2.75, 3.05) is 24.7 Å². The number of carbonyl (C=O) groups is 1. The standard InChI is InChI=1S/C16H22N2O2/c19-16-2-1-9-18(16)15-5-3-13(4-6-15)12-17-14-7-10-20-11-8-14/h3-6,14,17H,1-2,7-12H2. The van der Waals surface area contributed by atoms with E-state index in [1.807, 2.05) is 4.90 Å². The topological polar surface area (TPSA) is 41.6 Å². The van der Waals surface area contributed by atoms with E-state index in [9.17, 15) is 4.79 Å². The summed E-state index contributed by atoms with van der Waals surface area (Å²) in [5.41, 5.74) is 2.30. The van der Waals surface area contributed by atoms with E-state index in [2.05, 4.69) is 29.6 Å². The van der Waals surface area contributed by atoms with Gasteiger partial charge in [0.25, 0.3) is 0 Å². The number of nitrogens with one attached hydrogen (secondary N) is 1. The van der Waals surface area contributed by atoms with E-state index in [1.54, 1.807) is 0 Å². The van der Waals surface area contributed by atoms with Gasteiger partial charge in [-0.2, -0.15) is 0 Å². The van der Waals surface area contributed by atoms with Crippen LogP contribution in [-0.4, -0.2) is 31.7 Å². The van der Waals surface area contributed by atoms with Gasteiger partial charge in [-0.1, -0.05) is 12.1 Å². The molecule has 0 atom stereocenters. The molecule has 2 aliphatic heterocycles. The maximum absolute atomic E-state index is 11.7. The van der Waals surface area contributed by atoms with Crippen LogP contribution in [0.25, 0.3) is 0 Å². The molecule has 1 aromatic rings. The van der Waals surface area contributed by atoms with Crippen molar-refractivity contribution in [2.24, 2.45) is 0 Å². The first-order valence-corrected chi connectivity index (χ1v) is 7.53. The van der Waals surface area contributed by atoms with Crippen molar-refractivity contribution in [2.45, 2.75) is 38.3 Å². The Balaban J connectivity index is 1.54. The molecule has 108 valence electrons. The van der Waals surface area contributed by atoms with Gasteiger partial charge in [-0.3, -0.25) is 4.79 Å². The fraction of sp³-hybridized carbons (Fsp3) is 0.562. The van der Waals surface area contributed by atoms with Crippen LogP contribution in [-0.2, 0) is 16.1 Å². The van der Waals surface area contributed by atoms with E-state index >= 15 is 0 Å². The zero-order valence-electron chi connectivity index (χ0n) is 11.8. The second-order valence-electron chi connectivity index (χ2n) is 5.58. The summed E-state index contributed by atoms with van der Waals surface area (Å²) in [6.07, 6.45) is 3.86. The fourth-order valence-corrected chi connectivity index (χ4v) is 2.88. The molecule has 4 heteroatoms. The van der Waals surface area contributed by atoms with Gasteiger partial charge in [0.2, 0.25) is 5.91 Å². The number of amides is 1. The molecule has 0 aromatic heterocycles. The molecule has 2 fully saturated rings. The Labute approximate surface area is 120 Å². The molecule has 0 bridgehead atoms. The highest BCUT2D eigenvalue weighted by molar-refractivity contribution is 5.95. The van der Waals surface area contributed by atoms with Crippen LogP contribution in [0.4, 0.5) is 5.69 Å². The van der Waals surface area contributed by atoms with Gasteiger partial charge in [-0.15, -0.1) is 0 Å². The van der Waals surface area contributed by atoms with E-state index in [1.165, 1.54) is 5.56 Å². The lowest BCUT2D eigenvalue weighted by Crippen LogP contribution is -2.34. The average molecular weight is 274 g/mol. The molecule has 0 spiro atoms. The normalized spacial score (nSPS) is 20.6. The summed E-state index contributed by atoms with van der Waals surface area (Å²) in [7, 11) is 0. The van der Waals surface area contributed by atoms with E-state index < -0.39 is 0 Å². The van der Waals surface area contributed by atoms with E-state index in [0.717, 1.165) is 51.3 Å². The molecular weight excluding hydrogens is 252 g/mol. The second-order valence-corrected chi connectivity index (χ2v) is 5.58. The Hall–Kier alpha value is -1.39. The first kappa shape index (κ1) is 13.6. The van der Waals surface area contributed by atoms with E-state index in [4.69, 9.17) is 4.74 Å². The maximum Gasteiger partial charge on any atom is 0.227 e. The number of hydrogen-bond acceptors (Lipinski definition) is 3. The third-order valence-electron chi connectivity index (χ3n) is 4.14. The Bertz CT molecular complexity index is 452. The number of rotatable bonds is 4. The summed E-state index contributed by atoms with van der Waals surface area (Å²) in [5.74, 6) is 0.248. The summed E-state index contributed by atoms with van der Waals surface area (Å²) in [5, 5.41) is 3.58. The summed E-state index contributed by atoms with van der Waals surface area (Å²) in [4.78, 5) is 13.6. The molecule has 3 rings (SSSR count). The summed E-state index contributed by atoms with van der Waals surface area (Å²) in [6, 6.07) is 8.93. The van der Waals surface area contributed by atoms with Crippen LogP contribution in [0.2, 0.25) is 0 Å². The molecule has 0 saturated carbocycles. The van der Waals surface area contributed by atoms with E-state index in [0.29, 0.717) is 12.5 Å². The van der Waals surface area contributed by atoms with Crippen molar-refractivity contribution in [3.63, 3.8) is 0 Å². The highest BCUT2D eigenvalue weighted by atomic mass is 16.5. The average Bonchev–Trinajstić information content (AvgIpc) is 2.93. The number of carbonyl (C=O) groups excluding carboxylic acids is 1. The summed E-state index contributed by atoms with van der Waals surface area (Å²) < 4.78 is 5.36. The molecule has 2 saturated heterocycles. The minimum absolute atomic E-state index is 0.248. The first-order valence-electron chi connectivity index (χ1n) is 7.53. The number of nitrogens with zero attached hydrogens (tertiary/aromatic N) is 1. The summed E-state index contributed by atoms with van der Waals surface area (Å²) in [6.45, 7) is 3.48. The van der Waals surface area contributed by atoms with Gasteiger partial charge >= 0.3 is 0 Å². The van der Waals surface area contributed by atoms with Crippen LogP contribution in [0.15, 0.2) is 24.3 Å². The van der Waals surface area contributed by atoms with Crippen LogP contribution in [0.1, 0.15) is 31.2 Å². The van der Waals surface area contributed by atoms with Gasteiger partial charge in [0.1, 0.15) is 0 Å². The molecular formula is C16H22N2O2. The van der Waals surface area contributed by atoms with Gasteiger partial charge < -0.3 is 15.0 Å². The molecule has 4 nitrogen and oxygen atoms in total. The van der Waals surface area contributed by atoms with Gasteiger partial charge in [-0.05, 0) is 37.0 Å². The zero-order valence-corrected chi connectivity index (χ0v) is 11.8. The van der Waals surface area contributed by atoms with Gasteiger partial charge in [0.15, 0.2) is 0 Å². The summed E-state index contributed by atoms with van der Waals surface area (Å²) >= 11 is 0. The minimum Gasteiger partial charge on any atom is -0.381 e. The molecule has 0 radical (unpaired) electrons. The van der Waals surface area contributed by atoms with Gasteiger partial charge in [0.05, 0.1) is 0 Å². The largest absolute Gasteiger partial charge is 0.381 e. The highest BCUT2D eigenvalue weighted by Gasteiger charge is 2.21. The minimum atomic E-state index is 0.248. The first-order chi connectivity index (χ1) is 9.83. The number of anilines is 1. The highest BCUT2D eigenvalue weighted by Crippen LogP contribution is 2.21. The Morgan fingerprint density at radius 2 is 1.95 bits per heavy atom. The molecule has 1 amide bonds. The molecule has 2 heterocycles.